The van der Waals surface area contributed by atoms with Crippen LogP contribution in [-0.2, 0) is 50.0 Å². The van der Waals surface area contributed by atoms with Crippen molar-refractivity contribution in [2.45, 2.75) is 94.5 Å². The number of carbonyl (C=O) groups excluding carboxylic acids is 3. The molecule has 4 aliphatic heterocycles. The van der Waals surface area contributed by atoms with Crippen molar-refractivity contribution in [3.63, 3.8) is 0 Å². The number of hydrogen-bond donors (Lipinski definition) is 1. The summed E-state index contributed by atoms with van der Waals surface area (Å²) in [6, 6.07) is 3.95. The number of rotatable bonds is 12. The second-order valence-corrected chi connectivity index (χ2v) is 17.5. The number of sulfonamides is 1. The lowest BCUT2D eigenvalue weighted by molar-refractivity contribution is -0.139. The number of likely N-dealkylation sites (tertiary alicyclic amines) is 3. The fourth-order valence-corrected chi connectivity index (χ4v) is 9.78. The van der Waals surface area contributed by atoms with Crippen LogP contribution in [0.25, 0.3) is 11.3 Å². The van der Waals surface area contributed by atoms with Crippen molar-refractivity contribution in [2.24, 2.45) is 0 Å². The number of alkyl halides is 3. The minimum atomic E-state index is -4.66. The van der Waals surface area contributed by atoms with Gasteiger partial charge in [-0.2, -0.15) is 22.6 Å². The number of benzene rings is 1. The van der Waals surface area contributed by atoms with E-state index in [1.807, 2.05) is 9.58 Å². The number of ether oxygens (including phenoxy) is 1. The summed E-state index contributed by atoms with van der Waals surface area (Å²) >= 11 is 0.820. The van der Waals surface area contributed by atoms with Crippen LogP contribution in [0.4, 0.5) is 18.0 Å². The van der Waals surface area contributed by atoms with Crippen LogP contribution in [-0.4, -0.2) is 132 Å². The van der Waals surface area contributed by atoms with Crippen LogP contribution < -0.4 is 5.32 Å². The minimum Gasteiger partial charge on any atom is -0.450 e. The molecule has 5 heterocycles. The molecule has 3 fully saturated rings. The Morgan fingerprint density at radius 1 is 1.02 bits per heavy atom. The zero-order valence-electron chi connectivity index (χ0n) is 30.9. The van der Waals surface area contributed by atoms with Crippen LogP contribution in [0, 0.1) is 0 Å². The average Bonchev–Trinajstić information content (AvgIpc) is 3.73. The van der Waals surface area contributed by atoms with Gasteiger partial charge in [0, 0.05) is 99.0 Å². The smallest absolute Gasteiger partial charge is 0.417 e. The molecule has 1 aromatic heterocycles. The number of nitrogens with one attached hydrogen (secondary N) is 1. The molecule has 1 aromatic carbocycles. The molecular formula is C36H50F3N7O6S2. The number of fused-ring (bicyclic) bond motifs is 1. The lowest BCUT2D eigenvalue weighted by Gasteiger charge is -2.36. The number of amides is 3. The quantitative estimate of drug-likeness (QED) is 0.314. The standard InChI is InChI=1S/C36H50F3N7O6S2/c1-3-52-35(49)40-26-9-19-43(20-10-26)33(48)24-53-31-22-25(7-8-29(31)36(37,38)39)34-28-23-44(54(2,50)51)21-13-30(28)46(41-34)16-5-14-42-17-11-27(12-18-42)45-15-4-6-32(45)47/h7-8,22,26-27H,3-6,9-21,23-24H2,1-2H3,(H,40,49). The highest BCUT2D eigenvalue weighted by molar-refractivity contribution is 8.00. The molecule has 13 nitrogen and oxygen atoms in total. The number of nitrogens with zero attached hydrogens (tertiary/aromatic N) is 6. The first kappa shape index (κ1) is 40.3. The van der Waals surface area contributed by atoms with Gasteiger partial charge in [0.05, 0.1) is 29.9 Å². The Morgan fingerprint density at radius 3 is 2.41 bits per heavy atom. The summed E-state index contributed by atoms with van der Waals surface area (Å²) in [5.41, 5.74) is 1.56. The van der Waals surface area contributed by atoms with Gasteiger partial charge in [-0.3, -0.25) is 14.3 Å². The molecule has 298 valence electrons. The summed E-state index contributed by atoms with van der Waals surface area (Å²) in [6.07, 6.45) is 1.66. The highest BCUT2D eigenvalue weighted by atomic mass is 32.2. The number of aryl methyl sites for hydroxylation is 1. The summed E-state index contributed by atoms with van der Waals surface area (Å²) < 4.78 is 76.1. The SMILES string of the molecule is CCOC(=O)NC1CCN(C(=O)CSc2cc(-c3nn(CCCN4CCC(N5CCCC5=O)CC4)c4c3CN(S(C)(=O)=O)CC4)ccc2C(F)(F)F)CC1. The molecule has 54 heavy (non-hydrogen) atoms. The van der Waals surface area contributed by atoms with E-state index in [1.54, 1.807) is 11.8 Å². The van der Waals surface area contributed by atoms with Crippen molar-refractivity contribution in [1.29, 1.82) is 0 Å². The van der Waals surface area contributed by atoms with Crippen LogP contribution >= 0.6 is 11.8 Å². The number of aromatic nitrogens is 2. The molecule has 0 saturated carbocycles. The maximum absolute atomic E-state index is 14.3. The molecule has 0 bridgehead atoms. The molecule has 6 rings (SSSR count). The minimum absolute atomic E-state index is 0.0647. The first-order valence-electron chi connectivity index (χ1n) is 18.8. The highest BCUT2D eigenvalue weighted by Crippen LogP contribution is 2.40. The number of thioether (sulfide) groups is 1. The van der Waals surface area contributed by atoms with E-state index in [2.05, 4.69) is 10.2 Å². The van der Waals surface area contributed by atoms with Gasteiger partial charge in [0.25, 0.3) is 0 Å². The van der Waals surface area contributed by atoms with Gasteiger partial charge in [0.1, 0.15) is 0 Å². The molecule has 0 spiro atoms. The normalized spacial score (nSPS) is 19.7. The Bertz CT molecular complexity index is 1790. The van der Waals surface area contributed by atoms with Gasteiger partial charge in [0.15, 0.2) is 0 Å². The molecule has 18 heteroatoms. The van der Waals surface area contributed by atoms with Crippen molar-refractivity contribution in [3.05, 3.63) is 35.0 Å². The highest BCUT2D eigenvalue weighted by Gasteiger charge is 2.36. The molecule has 1 N–H and O–H groups in total. The predicted molar refractivity (Wildman–Crippen MR) is 197 cm³/mol. The molecule has 4 aliphatic rings. The zero-order chi connectivity index (χ0) is 38.6. The van der Waals surface area contributed by atoms with Crippen molar-refractivity contribution in [1.82, 2.24) is 34.1 Å². The number of piperidine rings is 2. The van der Waals surface area contributed by atoms with Crippen molar-refractivity contribution >= 4 is 39.7 Å². The molecule has 0 atom stereocenters. The molecule has 0 aliphatic carbocycles. The largest absolute Gasteiger partial charge is 0.450 e. The molecular weight excluding hydrogens is 748 g/mol. The van der Waals surface area contributed by atoms with E-state index in [9.17, 15) is 36.0 Å². The van der Waals surface area contributed by atoms with Gasteiger partial charge >= 0.3 is 12.3 Å². The summed E-state index contributed by atoms with van der Waals surface area (Å²) in [5.74, 6) is -0.247. The van der Waals surface area contributed by atoms with Crippen LogP contribution in [0.5, 0.6) is 0 Å². The van der Waals surface area contributed by atoms with Gasteiger partial charge in [-0.15, -0.1) is 11.8 Å². The van der Waals surface area contributed by atoms with E-state index < -0.39 is 27.9 Å². The number of alkyl carbamates (subject to hydrolysis) is 1. The monoisotopic (exact) mass is 797 g/mol. The van der Waals surface area contributed by atoms with Crippen molar-refractivity contribution in [3.8, 4) is 11.3 Å². The lowest BCUT2D eigenvalue weighted by Crippen LogP contribution is -2.47. The zero-order valence-corrected chi connectivity index (χ0v) is 32.5. The van der Waals surface area contributed by atoms with E-state index in [-0.39, 0.29) is 48.2 Å². The summed E-state index contributed by atoms with van der Waals surface area (Å²) in [7, 11) is -3.54. The molecule has 0 unspecified atom stereocenters. The van der Waals surface area contributed by atoms with E-state index in [0.29, 0.717) is 68.2 Å². The van der Waals surface area contributed by atoms with E-state index >= 15 is 0 Å². The molecule has 3 amide bonds. The third kappa shape index (κ3) is 9.71. The van der Waals surface area contributed by atoms with Gasteiger partial charge in [-0.05, 0) is 64.1 Å². The second kappa shape index (κ2) is 17.2. The first-order valence-corrected chi connectivity index (χ1v) is 21.7. The van der Waals surface area contributed by atoms with Crippen LogP contribution in [0.3, 0.4) is 0 Å². The van der Waals surface area contributed by atoms with Gasteiger partial charge in [-0.25, -0.2) is 13.2 Å². The van der Waals surface area contributed by atoms with Gasteiger partial charge < -0.3 is 24.8 Å². The fourth-order valence-electron chi connectivity index (χ4n) is 7.99. The van der Waals surface area contributed by atoms with Gasteiger partial charge in [0.2, 0.25) is 21.8 Å². The Hall–Kier alpha value is -3.35. The predicted octanol–water partition coefficient (Wildman–Crippen LogP) is 4.19. The lowest BCUT2D eigenvalue weighted by atomic mass is 10.0. The maximum atomic E-state index is 14.3. The van der Waals surface area contributed by atoms with E-state index in [1.165, 1.54) is 16.4 Å². The second-order valence-electron chi connectivity index (χ2n) is 14.5. The Morgan fingerprint density at radius 2 is 1.76 bits per heavy atom. The van der Waals surface area contributed by atoms with Crippen LogP contribution in [0.15, 0.2) is 23.1 Å². The molecule has 0 radical (unpaired) electrons. The molecule has 3 saturated heterocycles. The summed E-state index contributed by atoms with van der Waals surface area (Å²) in [4.78, 5) is 43.1. The van der Waals surface area contributed by atoms with Crippen molar-refractivity contribution < 1.29 is 40.7 Å². The van der Waals surface area contributed by atoms with Gasteiger partial charge in [-0.1, -0.05) is 6.07 Å². The fraction of sp³-hybridized carbons (Fsp3) is 0.667. The summed E-state index contributed by atoms with van der Waals surface area (Å²) in [6.45, 7) is 7.07. The van der Waals surface area contributed by atoms with Crippen LogP contribution in [0.2, 0.25) is 0 Å². The Kier molecular flexibility index (Phi) is 12.8. The van der Waals surface area contributed by atoms with Crippen LogP contribution in [0.1, 0.15) is 68.7 Å². The Balaban J connectivity index is 1.15. The average molecular weight is 798 g/mol. The third-order valence-corrected chi connectivity index (χ3v) is 13.2. The number of halogens is 3. The maximum Gasteiger partial charge on any atom is 0.417 e. The number of hydrogen-bond acceptors (Lipinski definition) is 9. The van der Waals surface area contributed by atoms with E-state index in [0.717, 1.165) is 81.6 Å². The van der Waals surface area contributed by atoms with E-state index in [4.69, 9.17) is 9.84 Å². The third-order valence-electron chi connectivity index (χ3n) is 10.9. The summed E-state index contributed by atoms with van der Waals surface area (Å²) in [5, 5.41) is 7.67. The topological polar surface area (TPSA) is 137 Å². The Labute approximate surface area is 318 Å². The number of carbonyl (C=O) groups is 3. The molecule has 2 aromatic rings. The first-order chi connectivity index (χ1) is 25.7. The van der Waals surface area contributed by atoms with Crippen molar-refractivity contribution in [2.75, 3.05) is 64.4 Å².